The number of nitrogens with zero attached hydrogens (tertiary/aromatic N) is 2. The molecule has 21 heavy (non-hydrogen) atoms. The minimum Gasteiger partial charge on any atom is -0.480 e. The number of rotatable bonds is 5. The van der Waals surface area contributed by atoms with Crippen molar-refractivity contribution in [1.82, 2.24) is 14.7 Å². The number of aryl methyl sites for hydroxylation is 1. The Balaban J connectivity index is 1.80. The molecule has 1 N–H and O–H groups in total. The minimum atomic E-state index is 0.278. The summed E-state index contributed by atoms with van der Waals surface area (Å²) in [5.41, 5.74) is 3.69. The number of fused-ring (bicyclic) bond motifs is 1. The van der Waals surface area contributed by atoms with Gasteiger partial charge in [-0.05, 0) is 25.0 Å². The van der Waals surface area contributed by atoms with E-state index in [4.69, 9.17) is 4.74 Å². The molecule has 0 radical (unpaired) electrons. The molecule has 110 valence electrons. The molecular formula is C16H19N3OS. The second-order valence-electron chi connectivity index (χ2n) is 5.08. The summed E-state index contributed by atoms with van der Waals surface area (Å²) in [6.07, 6.45) is 2.03. The van der Waals surface area contributed by atoms with Crippen LogP contribution in [0.25, 0.3) is 4.96 Å². The van der Waals surface area contributed by atoms with E-state index < -0.39 is 0 Å². The second-order valence-corrected chi connectivity index (χ2v) is 5.96. The van der Waals surface area contributed by atoms with E-state index >= 15 is 0 Å². The first-order valence-corrected chi connectivity index (χ1v) is 7.86. The molecule has 0 saturated carbocycles. The number of thiazole rings is 1. The van der Waals surface area contributed by atoms with E-state index in [-0.39, 0.29) is 6.04 Å². The van der Waals surface area contributed by atoms with Gasteiger partial charge in [0.25, 0.3) is 0 Å². The number of nitrogens with one attached hydrogen (secondary N) is 1. The third kappa shape index (κ3) is 2.66. The van der Waals surface area contributed by atoms with Crippen molar-refractivity contribution in [1.29, 1.82) is 0 Å². The molecule has 2 heterocycles. The summed E-state index contributed by atoms with van der Waals surface area (Å²) in [6.45, 7) is 5.04. The zero-order chi connectivity index (χ0) is 14.8. The first kappa shape index (κ1) is 14.1. The Morgan fingerprint density at radius 3 is 2.95 bits per heavy atom. The number of ether oxygens (including phenoxy) is 1. The van der Waals surface area contributed by atoms with Gasteiger partial charge in [-0.2, -0.15) is 4.98 Å². The lowest BCUT2D eigenvalue weighted by atomic mass is 10.0. The SMILES string of the molecule is COc1nc2sccn2c1CN[C@@H](C)c1ccccc1C. The molecule has 1 atom stereocenters. The highest BCUT2D eigenvalue weighted by Gasteiger charge is 2.15. The van der Waals surface area contributed by atoms with Gasteiger partial charge >= 0.3 is 0 Å². The standard InChI is InChI=1S/C16H19N3OS/c1-11-6-4-5-7-13(11)12(2)17-10-14-15(20-3)18-16-19(14)8-9-21-16/h4-9,12,17H,10H2,1-3H3/t12-/m0/s1. The van der Waals surface area contributed by atoms with E-state index in [1.165, 1.54) is 11.1 Å². The van der Waals surface area contributed by atoms with Crippen molar-refractivity contribution in [3.05, 3.63) is 52.7 Å². The fourth-order valence-electron chi connectivity index (χ4n) is 2.57. The van der Waals surface area contributed by atoms with E-state index in [0.717, 1.165) is 17.2 Å². The Hall–Kier alpha value is -1.85. The van der Waals surface area contributed by atoms with E-state index in [0.29, 0.717) is 5.88 Å². The molecule has 3 rings (SSSR count). The number of benzene rings is 1. The van der Waals surface area contributed by atoms with Gasteiger partial charge in [-0.25, -0.2) is 0 Å². The lowest BCUT2D eigenvalue weighted by Crippen LogP contribution is -2.20. The van der Waals surface area contributed by atoms with E-state index in [2.05, 4.69) is 52.8 Å². The molecule has 4 nitrogen and oxygen atoms in total. The highest BCUT2D eigenvalue weighted by atomic mass is 32.1. The Kier molecular flexibility index (Phi) is 3.94. The highest BCUT2D eigenvalue weighted by Crippen LogP contribution is 2.24. The quantitative estimate of drug-likeness (QED) is 0.783. The topological polar surface area (TPSA) is 38.6 Å². The van der Waals surface area contributed by atoms with Crippen LogP contribution in [0.3, 0.4) is 0 Å². The number of hydrogen-bond donors (Lipinski definition) is 1. The van der Waals surface area contributed by atoms with Crippen LogP contribution >= 0.6 is 11.3 Å². The largest absolute Gasteiger partial charge is 0.480 e. The Morgan fingerprint density at radius 1 is 1.38 bits per heavy atom. The summed E-state index contributed by atoms with van der Waals surface area (Å²) in [7, 11) is 1.67. The molecule has 0 fully saturated rings. The van der Waals surface area contributed by atoms with Gasteiger partial charge < -0.3 is 10.1 Å². The normalized spacial score (nSPS) is 12.7. The Labute approximate surface area is 128 Å². The maximum atomic E-state index is 5.39. The fourth-order valence-corrected chi connectivity index (χ4v) is 3.29. The lowest BCUT2D eigenvalue weighted by Gasteiger charge is -2.16. The van der Waals surface area contributed by atoms with Gasteiger partial charge in [-0.3, -0.25) is 4.40 Å². The molecule has 0 aliphatic heterocycles. The molecule has 0 spiro atoms. The van der Waals surface area contributed by atoms with Crippen LogP contribution in [-0.4, -0.2) is 16.5 Å². The molecule has 0 unspecified atom stereocenters. The van der Waals surface area contributed by atoms with Crippen LogP contribution in [0.1, 0.15) is 29.8 Å². The van der Waals surface area contributed by atoms with E-state index in [9.17, 15) is 0 Å². The van der Waals surface area contributed by atoms with Crippen LogP contribution in [0.5, 0.6) is 5.88 Å². The molecule has 0 aliphatic carbocycles. The molecule has 0 bridgehead atoms. The number of hydrogen-bond acceptors (Lipinski definition) is 4. The Bertz CT molecular complexity index is 747. The molecule has 3 aromatic rings. The maximum Gasteiger partial charge on any atom is 0.237 e. The summed E-state index contributed by atoms with van der Waals surface area (Å²) < 4.78 is 7.47. The van der Waals surface area contributed by atoms with Gasteiger partial charge in [-0.1, -0.05) is 24.3 Å². The van der Waals surface area contributed by atoms with Crippen molar-refractivity contribution in [3.63, 3.8) is 0 Å². The molecule has 5 heteroatoms. The predicted octanol–water partition coefficient (Wildman–Crippen LogP) is 3.56. The number of aromatic nitrogens is 2. The summed E-state index contributed by atoms with van der Waals surface area (Å²) >= 11 is 1.61. The van der Waals surface area contributed by atoms with Gasteiger partial charge in [0.05, 0.1) is 7.11 Å². The van der Waals surface area contributed by atoms with Crippen molar-refractivity contribution in [2.24, 2.45) is 0 Å². The number of methoxy groups -OCH3 is 1. The molecule has 1 aromatic carbocycles. The Morgan fingerprint density at radius 2 is 2.19 bits per heavy atom. The van der Waals surface area contributed by atoms with Gasteiger partial charge in [-0.15, -0.1) is 11.3 Å². The molecule has 0 amide bonds. The monoisotopic (exact) mass is 301 g/mol. The molecule has 2 aromatic heterocycles. The van der Waals surface area contributed by atoms with Crippen LogP contribution < -0.4 is 10.1 Å². The zero-order valence-electron chi connectivity index (χ0n) is 12.5. The fraction of sp³-hybridized carbons (Fsp3) is 0.312. The van der Waals surface area contributed by atoms with Crippen LogP contribution in [0.4, 0.5) is 0 Å². The van der Waals surface area contributed by atoms with Crippen molar-refractivity contribution in [2.75, 3.05) is 7.11 Å². The van der Waals surface area contributed by atoms with Crippen LogP contribution in [-0.2, 0) is 6.54 Å². The van der Waals surface area contributed by atoms with Gasteiger partial charge in [0, 0.05) is 24.2 Å². The summed E-state index contributed by atoms with van der Waals surface area (Å²) in [5, 5.41) is 5.60. The molecule has 0 aliphatic rings. The van der Waals surface area contributed by atoms with Crippen LogP contribution in [0.15, 0.2) is 35.8 Å². The first-order valence-electron chi connectivity index (χ1n) is 6.98. The zero-order valence-corrected chi connectivity index (χ0v) is 13.3. The predicted molar refractivity (Wildman–Crippen MR) is 86.1 cm³/mol. The van der Waals surface area contributed by atoms with Crippen molar-refractivity contribution < 1.29 is 4.74 Å². The third-order valence-electron chi connectivity index (χ3n) is 3.75. The maximum absolute atomic E-state index is 5.39. The van der Waals surface area contributed by atoms with Crippen LogP contribution in [0, 0.1) is 6.92 Å². The van der Waals surface area contributed by atoms with Gasteiger partial charge in [0.2, 0.25) is 5.88 Å². The van der Waals surface area contributed by atoms with Gasteiger partial charge in [0.15, 0.2) is 4.96 Å². The average molecular weight is 301 g/mol. The average Bonchev–Trinajstić information content (AvgIpc) is 3.06. The van der Waals surface area contributed by atoms with E-state index in [1.807, 2.05) is 11.6 Å². The van der Waals surface area contributed by atoms with Gasteiger partial charge in [0.1, 0.15) is 5.69 Å². The highest BCUT2D eigenvalue weighted by molar-refractivity contribution is 7.15. The summed E-state index contributed by atoms with van der Waals surface area (Å²) in [4.78, 5) is 5.44. The minimum absolute atomic E-state index is 0.278. The molecule has 0 saturated heterocycles. The first-order chi connectivity index (χ1) is 10.2. The van der Waals surface area contributed by atoms with Crippen molar-refractivity contribution >= 4 is 16.3 Å². The lowest BCUT2D eigenvalue weighted by molar-refractivity contribution is 0.391. The van der Waals surface area contributed by atoms with Crippen molar-refractivity contribution in [3.8, 4) is 5.88 Å². The third-order valence-corrected chi connectivity index (χ3v) is 4.50. The number of imidazole rings is 1. The van der Waals surface area contributed by atoms with E-state index in [1.54, 1.807) is 18.4 Å². The summed E-state index contributed by atoms with van der Waals surface area (Å²) in [5.74, 6) is 0.700. The van der Waals surface area contributed by atoms with Crippen molar-refractivity contribution in [2.45, 2.75) is 26.4 Å². The molecular weight excluding hydrogens is 282 g/mol. The van der Waals surface area contributed by atoms with Crippen LogP contribution in [0.2, 0.25) is 0 Å². The second kappa shape index (κ2) is 5.87. The smallest absolute Gasteiger partial charge is 0.237 e. The summed E-state index contributed by atoms with van der Waals surface area (Å²) in [6, 6.07) is 8.74.